The van der Waals surface area contributed by atoms with Crippen LogP contribution < -0.4 is 16.8 Å². The zero-order valence-electron chi connectivity index (χ0n) is 25.0. The molecule has 0 saturated carbocycles. The van der Waals surface area contributed by atoms with E-state index in [1.165, 1.54) is 9.13 Å². The number of ether oxygens (including phenoxy) is 1. The Morgan fingerprint density at radius 1 is 0.750 bits per heavy atom. The second-order valence-corrected chi connectivity index (χ2v) is 11.4. The van der Waals surface area contributed by atoms with E-state index in [0.717, 1.165) is 40.9 Å². The van der Waals surface area contributed by atoms with Crippen LogP contribution in [0.5, 0.6) is 5.75 Å². The molecule has 9 nitrogen and oxygen atoms in total. The third-order valence-electron chi connectivity index (χ3n) is 8.22. The number of aromatic nitrogens is 3. The van der Waals surface area contributed by atoms with E-state index in [-0.39, 0.29) is 29.6 Å². The molecule has 0 atom stereocenters. The zero-order chi connectivity index (χ0) is 30.8. The van der Waals surface area contributed by atoms with Crippen molar-refractivity contribution in [3.8, 4) is 17.1 Å². The van der Waals surface area contributed by atoms with E-state index in [1.807, 2.05) is 68.4 Å². The quantitative estimate of drug-likeness (QED) is 0.293. The normalized spacial score (nSPS) is 13.9. The first-order chi connectivity index (χ1) is 21.3. The lowest BCUT2D eigenvalue weighted by molar-refractivity contribution is 0.0369. The van der Waals surface area contributed by atoms with Crippen LogP contribution in [0.3, 0.4) is 0 Å². The summed E-state index contributed by atoms with van der Waals surface area (Å²) in [5, 5.41) is 11.7. The number of aryl methyl sites for hydroxylation is 3. The van der Waals surface area contributed by atoms with Crippen LogP contribution in [0.2, 0.25) is 0 Å². The van der Waals surface area contributed by atoms with E-state index >= 15 is 0 Å². The summed E-state index contributed by atoms with van der Waals surface area (Å²) < 4.78 is 9.48. The first kappa shape index (κ1) is 29.3. The summed E-state index contributed by atoms with van der Waals surface area (Å²) in [5.41, 5.74) is 1.99. The molecule has 1 fully saturated rings. The number of hydrogen-bond acceptors (Lipinski definition) is 6. The van der Waals surface area contributed by atoms with Crippen LogP contribution >= 0.6 is 0 Å². The minimum absolute atomic E-state index is 0.0653. The SMILES string of the molecule is Cc1cccc(-n2c(=O)c3c(O)c(Cc4ccccc4)c(=O)n(CCCN4CCOCC4)c3n(-c3cccc(C)c3)c2=O)c1. The van der Waals surface area contributed by atoms with E-state index in [0.29, 0.717) is 31.0 Å². The summed E-state index contributed by atoms with van der Waals surface area (Å²) in [4.78, 5) is 45.4. The predicted octanol–water partition coefficient (Wildman–Crippen LogP) is 3.94. The lowest BCUT2D eigenvalue weighted by Gasteiger charge is -2.27. The van der Waals surface area contributed by atoms with E-state index in [9.17, 15) is 19.5 Å². The van der Waals surface area contributed by atoms with Gasteiger partial charge in [0, 0.05) is 32.6 Å². The molecule has 0 unspecified atom stereocenters. The van der Waals surface area contributed by atoms with Crippen molar-refractivity contribution in [1.29, 1.82) is 0 Å². The minimum Gasteiger partial charge on any atom is -0.506 e. The highest BCUT2D eigenvalue weighted by Crippen LogP contribution is 2.27. The predicted molar refractivity (Wildman–Crippen MR) is 172 cm³/mol. The van der Waals surface area contributed by atoms with Gasteiger partial charge in [0.15, 0.2) is 0 Å². The molecular weight excluding hydrogens is 556 g/mol. The molecule has 0 amide bonds. The van der Waals surface area contributed by atoms with Crippen LogP contribution in [0.15, 0.2) is 93.2 Å². The van der Waals surface area contributed by atoms with Gasteiger partial charge in [-0.3, -0.25) is 19.1 Å². The molecule has 6 rings (SSSR count). The summed E-state index contributed by atoms with van der Waals surface area (Å²) in [5.74, 6) is -0.397. The lowest BCUT2D eigenvalue weighted by Crippen LogP contribution is -2.42. The summed E-state index contributed by atoms with van der Waals surface area (Å²) in [6.07, 6.45) is 0.742. The second-order valence-electron chi connectivity index (χ2n) is 11.4. The number of pyridine rings is 1. The van der Waals surface area contributed by atoms with Crippen molar-refractivity contribution in [2.75, 3.05) is 32.8 Å². The fourth-order valence-electron chi connectivity index (χ4n) is 6.01. The molecule has 2 aromatic heterocycles. The first-order valence-corrected chi connectivity index (χ1v) is 15.0. The average Bonchev–Trinajstić information content (AvgIpc) is 3.02. The van der Waals surface area contributed by atoms with Gasteiger partial charge in [0.05, 0.1) is 30.2 Å². The highest BCUT2D eigenvalue weighted by molar-refractivity contribution is 5.84. The number of benzene rings is 3. The molecule has 0 spiro atoms. The molecular formula is C35H36N4O5. The average molecular weight is 593 g/mol. The van der Waals surface area contributed by atoms with Crippen LogP contribution in [-0.2, 0) is 17.7 Å². The number of fused-ring (bicyclic) bond motifs is 1. The molecule has 0 radical (unpaired) electrons. The van der Waals surface area contributed by atoms with Crippen LogP contribution in [0.1, 0.15) is 28.7 Å². The number of nitrogens with zero attached hydrogens (tertiary/aromatic N) is 4. The summed E-state index contributed by atoms with van der Waals surface area (Å²) >= 11 is 0. The van der Waals surface area contributed by atoms with Gasteiger partial charge in [-0.1, -0.05) is 54.6 Å². The van der Waals surface area contributed by atoms with Gasteiger partial charge in [0.25, 0.3) is 11.1 Å². The maximum absolute atomic E-state index is 14.4. The summed E-state index contributed by atoms with van der Waals surface area (Å²) in [6, 6.07) is 23.9. The molecule has 1 N–H and O–H groups in total. The Morgan fingerprint density at radius 2 is 1.39 bits per heavy atom. The van der Waals surface area contributed by atoms with Crippen molar-refractivity contribution in [3.63, 3.8) is 0 Å². The molecule has 3 aromatic carbocycles. The number of morpholine rings is 1. The zero-order valence-corrected chi connectivity index (χ0v) is 25.0. The summed E-state index contributed by atoms with van der Waals surface area (Å²) in [6.45, 7) is 7.71. The van der Waals surface area contributed by atoms with Gasteiger partial charge in [0.2, 0.25) is 0 Å². The molecule has 1 saturated heterocycles. The fourth-order valence-corrected chi connectivity index (χ4v) is 6.01. The van der Waals surface area contributed by atoms with Crippen LogP contribution in [0.25, 0.3) is 22.4 Å². The molecule has 3 heterocycles. The molecule has 0 aliphatic carbocycles. The Kier molecular flexibility index (Phi) is 8.32. The van der Waals surface area contributed by atoms with Crippen molar-refractivity contribution < 1.29 is 9.84 Å². The molecule has 1 aliphatic rings. The topological polar surface area (TPSA) is 98.7 Å². The number of hydrogen-bond donors (Lipinski definition) is 1. The van der Waals surface area contributed by atoms with Crippen molar-refractivity contribution in [2.45, 2.75) is 33.2 Å². The Labute approximate surface area is 254 Å². The van der Waals surface area contributed by atoms with Gasteiger partial charge in [-0.05, 0) is 61.2 Å². The molecule has 0 bridgehead atoms. The van der Waals surface area contributed by atoms with Crippen LogP contribution in [0.4, 0.5) is 0 Å². The largest absolute Gasteiger partial charge is 0.506 e. The van der Waals surface area contributed by atoms with Crippen molar-refractivity contribution in [1.82, 2.24) is 18.6 Å². The van der Waals surface area contributed by atoms with E-state index in [2.05, 4.69) is 4.90 Å². The number of rotatable bonds is 8. The Balaban J connectivity index is 1.67. The third-order valence-corrected chi connectivity index (χ3v) is 8.22. The van der Waals surface area contributed by atoms with E-state index in [4.69, 9.17) is 4.74 Å². The highest BCUT2D eigenvalue weighted by Gasteiger charge is 2.26. The summed E-state index contributed by atoms with van der Waals surface area (Å²) in [7, 11) is 0. The fraction of sp³-hybridized carbons (Fsp3) is 0.286. The third kappa shape index (κ3) is 5.64. The van der Waals surface area contributed by atoms with Crippen molar-refractivity contribution >= 4 is 11.0 Å². The molecule has 226 valence electrons. The molecule has 5 aromatic rings. The van der Waals surface area contributed by atoms with Gasteiger partial charge in [-0.2, -0.15) is 0 Å². The van der Waals surface area contributed by atoms with E-state index < -0.39 is 22.6 Å². The standard InChI is InChI=1S/C35H36N4O5/c1-24-9-6-13-27(21-24)38-32-30(34(42)39(35(38)43)28-14-7-10-25(2)22-28)31(40)29(23-26-11-4-3-5-12-26)33(41)37(32)16-8-15-36-17-19-44-20-18-36/h3-7,9-14,21-22,40H,8,15-20,23H2,1-2H3. The second kappa shape index (κ2) is 12.5. The maximum atomic E-state index is 14.4. The Morgan fingerprint density at radius 3 is 2.02 bits per heavy atom. The van der Waals surface area contributed by atoms with Gasteiger partial charge in [-0.15, -0.1) is 0 Å². The first-order valence-electron chi connectivity index (χ1n) is 15.0. The maximum Gasteiger partial charge on any atom is 0.341 e. The van der Waals surface area contributed by atoms with E-state index in [1.54, 1.807) is 24.3 Å². The smallest absolute Gasteiger partial charge is 0.341 e. The molecule has 1 aliphatic heterocycles. The lowest BCUT2D eigenvalue weighted by atomic mass is 10.0. The number of aromatic hydroxyl groups is 1. The Bertz CT molecular complexity index is 2000. The Hall–Kier alpha value is -4.73. The molecule has 44 heavy (non-hydrogen) atoms. The van der Waals surface area contributed by atoms with Gasteiger partial charge < -0.3 is 9.84 Å². The van der Waals surface area contributed by atoms with Crippen LogP contribution in [-0.4, -0.2) is 56.6 Å². The highest BCUT2D eigenvalue weighted by atomic mass is 16.5. The van der Waals surface area contributed by atoms with Crippen molar-refractivity contribution in [3.05, 3.63) is 132 Å². The van der Waals surface area contributed by atoms with Gasteiger partial charge in [0.1, 0.15) is 16.8 Å². The monoisotopic (exact) mass is 592 g/mol. The minimum atomic E-state index is -0.673. The molecule has 9 heteroatoms. The van der Waals surface area contributed by atoms with Crippen molar-refractivity contribution in [2.24, 2.45) is 0 Å². The van der Waals surface area contributed by atoms with Gasteiger partial charge >= 0.3 is 5.69 Å². The van der Waals surface area contributed by atoms with Gasteiger partial charge in [-0.25, -0.2) is 13.9 Å². The van der Waals surface area contributed by atoms with Crippen LogP contribution in [0, 0.1) is 13.8 Å².